The Morgan fingerprint density at radius 2 is 1.91 bits per heavy atom. The van der Waals surface area contributed by atoms with Gasteiger partial charge in [0, 0.05) is 6.42 Å². The van der Waals surface area contributed by atoms with E-state index in [-0.39, 0.29) is 17.9 Å². The second-order valence-corrected chi connectivity index (χ2v) is 11.0. The Morgan fingerprint density at radius 3 is 2.52 bits per heavy atom. The highest BCUT2D eigenvalue weighted by molar-refractivity contribution is 7.66. The molecular weight excluding hydrogens is 519 g/mol. The lowest BCUT2D eigenvalue weighted by Crippen LogP contribution is -2.58. The number of imidazole rings is 1. The minimum Gasteiger partial charge on any atom is -0.388 e. The molecule has 3 heterocycles. The summed E-state index contributed by atoms with van der Waals surface area (Å²) in [6.07, 6.45) is -3.56. The molecule has 1 aromatic heterocycles. The zero-order chi connectivity index (χ0) is 24.8. The van der Waals surface area contributed by atoms with E-state index in [0.717, 1.165) is 5.06 Å². The predicted octanol–water partition coefficient (Wildman–Crippen LogP) is -1.77. The van der Waals surface area contributed by atoms with Crippen LogP contribution in [0.3, 0.4) is 0 Å². The van der Waals surface area contributed by atoms with Crippen LogP contribution >= 0.6 is 23.5 Å². The van der Waals surface area contributed by atoms with E-state index >= 15 is 0 Å². The summed E-state index contributed by atoms with van der Waals surface area (Å²) >= 11 is 0. The summed E-state index contributed by atoms with van der Waals surface area (Å²) in [6.45, 7) is -0.762. The van der Waals surface area contributed by atoms with Crippen LogP contribution < -0.4 is 16.1 Å². The van der Waals surface area contributed by atoms with Gasteiger partial charge in [-0.05, 0) is 0 Å². The zero-order valence-electron chi connectivity index (χ0n) is 16.5. The maximum atomic E-state index is 12.1. The summed E-state index contributed by atoms with van der Waals surface area (Å²) in [5.41, 5.74) is 5.72. The van der Waals surface area contributed by atoms with Gasteiger partial charge in [0.25, 0.3) is 5.91 Å². The number of carbonyl (C=O) groups excluding carboxylic acids is 1. The lowest BCUT2D eigenvalue weighted by atomic mass is 10.2. The van der Waals surface area contributed by atoms with Crippen LogP contribution in [0.1, 0.15) is 23.1 Å². The fourth-order valence-electron chi connectivity index (χ4n) is 3.08. The van der Waals surface area contributed by atoms with Gasteiger partial charge in [-0.1, -0.05) is 0 Å². The number of ether oxygens (including phenoxy) is 1. The molecule has 0 aliphatic carbocycles. The number of amides is 1. The quantitative estimate of drug-likeness (QED) is 0.171. The molecule has 1 saturated heterocycles. The van der Waals surface area contributed by atoms with E-state index in [2.05, 4.69) is 23.4 Å². The number of hydroxylamine groups is 1. The third-order valence-corrected chi connectivity index (χ3v) is 8.00. The maximum absolute atomic E-state index is 12.1. The fraction of sp³-hybridized carbons (Fsp3) is 0.636. The molecule has 0 radical (unpaired) electrons. The summed E-state index contributed by atoms with van der Waals surface area (Å²) < 4.78 is 52.4. The van der Waals surface area contributed by atoms with E-state index in [1.165, 1.54) is 18.0 Å². The van der Waals surface area contributed by atoms with E-state index in [1.54, 1.807) is 0 Å². The van der Waals surface area contributed by atoms with E-state index in [1.807, 2.05) is 0 Å². The van der Waals surface area contributed by atoms with Crippen molar-refractivity contribution < 1.29 is 65.9 Å². The molecule has 0 saturated carbocycles. The minimum atomic E-state index is -5.67. The van der Waals surface area contributed by atoms with Crippen molar-refractivity contribution in [3.05, 3.63) is 12.0 Å². The van der Waals surface area contributed by atoms with Gasteiger partial charge in [0.05, 0.1) is 26.1 Å². The average Bonchev–Trinajstić information content (AvgIpc) is 3.21. The molecule has 3 rings (SSSR count). The number of anilines is 1. The number of nitrogens with zero attached hydrogens (tertiary/aromatic N) is 3. The lowest BCUT2D eigenvalue weighted by molar-refractivity contribution is -0.0510. The van der Waals surface area contributed by atoms with Crippen molar-refractivity contribution in [2.45, 2.75) is 31.1 Å². The van der Waals surface area contributed by atoms with Crippen molar-refractivity contribution in [1.82, 2.24) is 14.9 Å². The maximum Gasteiger partial charge on any atom is 0.490 e. The molecule has 2 aliphatic rings. The van der Waals surface area contributed by atoms with Crippen molar-refractivity contribution >= 4 is 35.2 Å². The molecule has 1 aromatic rings. The molecule has 1 amide bonds. The Hall–Kier alpha value is -1.27. The molecule has 1 fully saturated rings. The van der Waals surface area contributed by atoms with Gasteiger partial charge in [0.2, 0.25) is 0 Å². The second-order valence-electron chi connectivity index (χ2n) is 6.59. The SMILES string of the molecule is CON1c2c(ncn2[C@@H]2O[C@H](COP(=O)(O)OP(=O)(O)OP(=O)(O)O)C[C@H]2O)C(=O)NC1N. The largest absolute Gasteiger partial charge is 0.490 e. The van der Waals surface area contributed by atoms with Crippen LogP contribution in [0.15, 0.2) is 6.33 Å². The molecule has 0 spiro atoms. The van der Waals surface area contributed by atoms with Crippen LogP contribution in [0.4, 0.5) is 5.82 Å². The summed E-state index contributed by atoms with van der Waals surface area (Å²) in [4.78, 5) is 56.9. The number of rotatable bonds is 9. The highest BCUT2D eigenvalue weighted by Crippen LogP contribution is 2.66. The van der Waals surface area contributed by atoms with Crippen LogP contribution in [-0.4, -0.2) is 72.4 Å². The van der Waals surface area contributed by atoms with Gasteiger partial charge in [0.15, 0.2) is 24.0 Å². The number of aromatic nitrogens is 2. The number of aliphatic hydroxyl groups is 1. The van der Waals surface area contributed by atoms with Gasteiger partial charge in [-0.2, -0.15) is 13.7 Å². The van der Waals surface area contributed by atoms with E-state index < -0.39 is 60.7 Å². The zero-order valence-corrected chi connectivity index (χ0v) is 19.2. The van der Waals surface area contributed by atoms with Gasteiger partial charge < -0.3 is 34.7 Å². The summed E-state index contributed by atoms with van der Waals surface area (Å²) in [5, 5.41) is 13.9. The number of phosphoric ester groups is 1. The van der Waals surface area contributed by atoms with Crippen molar-refractivity contribution in [3.63, 3.8) is 0 Å². The number of hydrogen-bond donors (Lipinski definition) is 7. The van der Waals surface area contributed by atoms with Crippen LogP contribution in [-0.2, 0) is 36.4 Å². The molecular formula is C11H20N5O14P3. The van der Waals surface area contributed by atoms with Crippen LogP contribution in [0.5, 0.6) is 0 Å². The van der Waals surface area contributed by atoms with Gasteiger partial charge >= 0.3 is 23.5 Å². The normalized spacial score (nSPS) is 29.3. The molecule has 2 aliphatic heterocycles. The Labute approximate surface area is 184 Å². The van der Waals surface area contributed by atoms with Gasteiger partial charge in [-0.25, -0.2) is 18.7 Å². The third-order valence-electron chi connectivity index (χ3n) is 4.20. The average molecular weight is 539 g/mol. The number of fused-ring (bicyclic) bond motifs is 1. The number of nitrogens with two attached hydrogens (primary N) is 1. The van der Waals surface area contributed by atoms with Crippen molar-refractivity contribution in [2.75, 3.05) is 18.8 Å². The Kier molecular flexibility index (Phi) is 7.51. The van der Waals surface area contributed by atoms with Crippen LogP contribution in [0.2, 0.25) is 0 Å². The molecule has 0 aromatic carbocycles. The standard InChI is InChI=1S/C11H20N5O14P3/c1-26-16-9-7(8(18)14-11(16)12)13-4-15(9)10-6(17)2-5(28-10)3-27-32(22,23)30-33(24,25)29-31(19,20)21/h4-6,10-11,17H,2-3,12H2,1H3,(H,14,18)(H,22,23)(H,24,25)(H2,19,20,21)/t5-,6+,10+,11?/m0/s1. The summed E-state index contributed by atoms with van der Waals surface area (Å²) in [6, 6.07) is 0. The van der Waals surface area contributed by atoms with Gasteiger partial charge in [-0.3, -0.25) is 24.5 Å². The van der Waals surface area contributed by atoms with E-state index in [9.17, 15) is 28.5 Å². The smallest absolute Gasteiger partial charge is 0.388 e. The summed E-state index contributed by atoms with van der Waals surface area (Å²) in [7, 11) is -15.3. The van der Waals surface area contributed by atoms with Gasteiger partial charge in [-0.15, -0.1) is 0 Å². The molecule has 188 valence electrons. The lowest BCUT2D eigenvalue weighted by Gasteiger charge is -2.34. The molecule has 19 nitrogen and oxygen atoms in total. The van der Waals surface area contributed by atoms with Crippen molar-refractivity contribution in [3.8, 4) is 0 Å². The van der Waals surface area contributed by atoms with Crippen LogP contribution in [0.25, 0.3) is 0 Å². The van der Waals surface area contributed by atoms with E-state index in [4.69, 9.17) is 30.0 Å². The van der Waals surface area contributed by atoms with E-state index in [0.29, 0.717) is 0 Å². The first-order valence-electron chi connectivity index (χ1n) is 8.71. The molecule has 6 atom stereocenters. The van der Waals surface area contributed by atoms with Gasteiger partial charge in [0.1, 0.15) is 6.10 Å². The monoisotopic (exact) mass is 539 g/mol. The molecule has 33 heavy (non-hydrogen) atoms. The Bertz CT molecular complexity index is 1040. The van der Waals surface area contributed by atoms with Crippen molar-refractivity contribution in [1.29, 1.82) is 0 Å². The highest BCUT2D eigenvalue weighted by Gasteiger charge is 2.44. The predicted molar refractivity (Wildman–Crippen MR) is 102 cm³/mol. The Morgan fingerprint density at radius 1 is 1.24 bits per heavy atom. The number of aliphatic hydroxyl groups excluding tert-OH is 1. The molecule has 0 bridgehead atoms. The topological polar surface area (TPSA) is 275 Å². The molecule has 22 heteroatoms. The first-order chi connectivity index (χ1) is 15.1. The Balaban J connectivity index is 1.68. The first-order valence-corrected chi connectivity index (χ1v) is 13.2. The molecule has 3 unspecified atom stereocenters. The number of hydrogen-bond acceptors (Lipinski definition) is 13. The third kappa shape index (κ3) is 6.25. The number of carbonyl (C=O) groups is 1. The highest BCUT2D eigenvalue weighted by atomic mass is 31.3. The van der Waals surface area contributed by atoms with Crippen molar-refractivity contribution in [2.24, 2.45) is 5.73 Å². The number of nitrogens with one attached hydrogen (secondary N) is 1. The summed E-state index contributed by atoms with van der Waals surface area (Å²) in [5.74, 6) is -0.549. The first kappa shape index (κ1) is 26.3. The minimum absolute atomic E-state index is 0.0614. The second kappa shape index (κ2) is 9.41. The fourth-order valence-corrected chi connectivity index (χ4v) is 6.13. The molecule has 8 N–H and O–H groups in total. The van der Waals surface area contributed by atoms with Crippen LogP contribution in [0, 0.1) is 0 Å². The number of phosphoric acid groups is 3.